The number of hydrazine groups is 1. The fraction of sp³-hybridized carbons (Fsp3) is 0.429. The molecule has 0 saturated heterocycles. The third-order valence-electron chi connectivity index (χ3n) is 3.57. The summed E-state index contributed by atoms with van der Waals surface area (Å²) in [5.41, 5.74) is 3.00. The van der Waals surface area contributed by atoms with E-state index in [-0.39, 0.29) is 11.8 Å². The van der Waals surface area contributed by atoms with Crippen molar-refractivity contribution >= 4 is 17.5 Å². The van der Waals surface area contributed by atoms with Crippen LogP contribution in [0.4, 0.5) is 5.69 Å². The van der Waals surface area contributed by atoms with E-state index in [0.29, 0.717) is 17.0 Å². The SMILES string of the molecule is COc1cc(NC(=O)C2CCCC2)ccc1C(=O)NN. The molecule has 2 amide bonds. The zero-order valence-corrected chi connectivity index (χ0v) is 11.4. The predicted octanol–water partition coefficient (Wildman–Crippen LogP) is 1.43. The van der Waals surface area contributed by atoms with E-state index in [1.165, 1.54) is 7.11 Å². The van der Waals surface area contributed by atoms with Crippen molar-refractivity contribution in [2.45, 2.75) is 25.7 Å². The zero-order valence-electron chi connectivity index (χ0n) is 11.4. The Balaban J connectivity index is 2.12. The number of anilines is 1. The van der Waals surface area contributed by atoms with Gasteiger partial charge in [0.1, 0.15) is 5.75 Å². The number of rotatable bonds is 4. The number of hydrogen-bond acceptors (Lipinski definition) is 4. The number of nitrogens with two attached hydrogens (primary N) is 1. The Kier molecular flexibility index (Phi) is 4.57. The standard InChI is InChI=1S/C14H19N3O3/c1-20-12-8-10(6-7-11(12)14(19)17-15)16-13(18)9-4-2-3-5-9/h6-9H,2-5,15H2,1H3,(H,16,18)(H,17,19). The molecule has 1 saturated carbocycles. The van der Waals surface area contributed by atoms with Crippen LogP contribution in [-0.2, 0) is 4.79 Å². The summed E-state index contributed by atoms with van der Waals surface area (Å²) in [5.74, 6) is 5.16. The molecule has 108 valence electrons. The lowest BCUT2D eigenvalue weighted by Crippen LogP contribution is -2.30. The highest BCUT2D eigenvalue weighted by Crippen LogP contribution is 2.27. The average Bonchev–Trinajstić information content (AvgIpc) is 3.00. The van der Waals surface area contributed by atoms with Crippen molar-refractivity contribution < 1.29 is 14.3 Å². The van der Waals surface area contributed by atoms with Gasteiger partial charge in [-0.05, 0) is 25.0 Å². The maximum Gasteiger partial charge on any atom is 0.268 e. The van der Waals surface area contributed by atoms with Crippen molar-refractivity contribution in [3.05, 3.63) is 23.8 Å². The Labute approximate surface area is 117 Å². The summed E-state index contributed by atoms with van der Waals surface area (Å²) in [6.07, 6.45) is 4.10. The van der Waals surface area contributed by atoms with Crippen LogP contribution in [0.3, 0.4) is 0 Å². The molecule has 0 bridgehead atoms. The first-order chi connectivity index (χ1) is 9.65. The maximum absolute atomic E-state index is 12.0. The fourth-order valence-electron chi connectivity index (χ4n) is 2.47. The molecule has 1 aromatic rings. The molecule has 6 nitrogen and oxygen atoms in total. The van der Waals surface area contributed by atoms with Crippen molar-refractivity contribution in [2.24, 2.45) is 11.8 Å². The molecule has 20 heavy (non-hydrogen) atoms. The van der Waals surface area contributed by atoms with Crippen LogP contribution in [0.5, 0.6) is 5.75 Å². The minimum absolute atomic E-state index is 0.0283. The Hall–Kier alpha value is -2.08. The topological polar surface area (TPSA) is 93.4 Å². The normalized spacial score (nSPS) is 14.9. The van der Waals surface area contributed by atoms with Crippen molar-refractivity contribution in [3.8, 4) is 5.75 Å². The quantitative estimate of drug-likeness (QED) is 0.441. The molecule has 6 heteroatoms. The predicted molar refractivity (Wildman–Crippen MR) is 75.2 cm³/mol. The Morgan fingerprint density at radius 3 is 2.60 bits per heavy atom. The van der Waals surface area contributed by atoms with Crippen LogP contribution in [0, 0.1) is 5.92 Å². The maximum atomic E-state index is 12.0. The van der Waals surface area contributed by atoms with E-state index in [1.807, 2.05) is 0 Å². The molecule has 2 rings (SSSR count). The molecular weight excluding hydrogens is 258 g/mol. The number of methoxy groups -OCH3 is 1. The molecule has 0 spiro atoms. The van der Waals surface area contributed by atoms with Gasteiger partial charge in [-0.1, -0.05) is 12.8 Å². The third-order valence-corrected chi connectivity index (χ3v) is 3.57. The van der Waals surface area contributed by atoms with Gasteiger partial charge in [-0.25, -0.2) is 5.84 Å². The van der Waals surface area contributed by atoms with Gasteiger partial charge in [0, 0.05) is 17.7 Å². The highest BCUT2D eigenvalue weighted by Gasteiger charge is 2.23. The molecule has 0 heterocycles. The van der Waals surface area contributed by atoms with Crippen molar-refractivity contribution in [1.29, 1.82) is 0 Å². The summed E-state index contributed by atoms with van der Waals surface area (Å²) < 4.78 is 5.15. The Morgan fingerprint density at radius 1 is 1.30 bits per heavy atom. The van der Waals surface area contributed by atoms with Crippen LogP contribution in [-0.4, -0.2) is 18.9 Å². The molecule has 0 radical (unpaired) electrons. The number of amides is 2. The lowest BCUT2D eigenvalue weighted by Gasteiger charge is -2.13. The second-order valence-corrected chi connectivity index (χ2v) is 4.86. The van der Waals surface area contributed by atoms with Crippen molar-refractivity contribution in [2.75, 3.05) is 12.4 Å². The van der Waals surface area contributed by atoms with Gasteiger partial charge in [-0.2, -0.15) is 0 Å². The lowest BCUT2D eigenvalue weighted by molar-refractivity contribution is -0.119. The van der Waals surface area contributed by atoms with Gasteiger partial charge in [0.25, 0.3) is 5.91 Å². The lowest BCUT2D eigenvalue weighted by atomic mass is 10.1. The van der Waals surface area contributed by atoms with Crippen LogP contribution in [0.2, 0.25) is 0 Å². The molecule has 0 aromatic heterocycles. The van der Waals surface area contributed by atoms with Crippen LogP contribution in [0.15, 0.2) is 18.2 Å². The van der Waals surface area contributed by atoms with Crippen molar-refractivity contribution in [1.82, 2.24) is 5.43 Å². The summed E-state index contributed by atoms with van der Waals surface area (Å²) in [5, 5.41) is 2.86. The van der Waals surface area contributed by atoms with Gasteiger partial charge in [0.15, 0.2) is 0 Å². The Bertz CT molecular complexity index is 510. The van der Waals surface area contributed by atoms with E-state index in [4.69, 9.17) is 10.6 Å². The number of ether oxygens (including phenoxy) is 1. The monoisotopic (exact) mass is 277 g/mol. The number of nitrogen functional groups attached to an aromatic ring is 1. The number of benzene rings is 1. The van der Waals surface area contributed by atoms with E-state index in [2.05, 4.69) is 10.7 Å². The Morgan fingerprint density at radius 2 is 2.00 bits per heavy atom. The summed E-state index contributed by atoms with van der Waals surface area (Å²) >= 11 is 0. The molecule has 1 fully saturated rings. The summed E-state index contributed by atoms with van der Waals surface area (Å²) in [4.78, 5) is 23.6. The molecule has 1 aromatic carbocycles. The minimum atomic E-state index is -0.435. The van der Waals surface area contributed by atoms with Crippen LogP contribution in [0.25, 0.3) is 0 Å². The van der Waals surface area contributed by atoms with Crippen LogP contribution in [0.1, 0.15) is 36.0 Å². The zero-order chi connectivity index (χ0) is 14.5. The van der Waals surface area contributed by atoms with Crippen molar-refractivity contribution in [3.63, 3.8) is 0 Å². The third kappa shape index (κ3) is 3.08. The van der Waals surface area contributed by atoms with E-state index in [0.717, 1.165) is 25.7 Å². The fourth-order valence-corrected chi connectivity index (χ4v) is 2.47. The van der Waals surface area contributed by atoms with E-state index in [9.17, 15) is 9.59 Å². The van der Waals surface area contributed by atoms with Gasteiger partial charge in [0.05, 0.1) is 12.7 Å². The van der Waals surface area contributed by atoms with Gasteiger partial charge in [-0.15, -0.1) is 0 Å². The second kappa shape index (κ2) is 6.38. The van der Waals surface area contributed by atoms with Gasteiger partial charge < -0.3 is 10.1 Å². The smallest absolute Gasteiger partial charge is 0.268 e. The molecule has 1 aliphatic carbocycles. The molecular formula is C14H19N3O3. The van der Waals surface area contributed by atoms with Gasteiger partial charge >= 0.3 is 0 Å². The first-order valence-corrected chi connectivity index (χ1v) is 6.65. The second-order valence-electron chi connectivity index (χ2n) is 4.86. The number of carbonyl (C=O) groups is 2. The largest absolute Gasteiger partial charge is 0.496 e. The highest BCUT2D eigenvalue weighted by atomic mass is 16.5. The summed E-state index contributed by atoms with van der Waals surface area (Å²) in [6, 6.07) is 4.86. The highest BCUT2D eigenvalue weighted by molar-refractivity contribution is 5.98. The van der Waals surface area contributed by atoms with E-state index in [1.54, 1.807) is 18.2 Å². The summed E-state index contributed by atoms with van der Waals surface area (Å²) in [6.45, 7) is 0. The summed E-state index contributed by atoms with van der Waals surface area (Å²) in [7, 11) is 1.46. The van der Waals surface area contributed by atoms with E-state index < -0.39 is 5.91 Å². The minimum Gasteiger partial charge on any atom is -0.496 e. The average molecular weight is 277 g/mol. The molecule has 4 N–H and O–H groups in total. The molecule has 0 unspecified atom stereocenters. The van der Waals surface area contributed by atoms with Crippen LogP contribution >= 0.6 is 0 Å². The molecule has 0 atom stereocenters. The van der Waals surface area contributed by atoms with Gasteiger partial charge in [0.2, 0.25) is 5.91 Å². The van der Waals surface area contributed by atoms with E-state index >= 15 is 0 Å². The molecule has 0 aliphatic heterocycles. The first kappa shape index (κ1) is 14.3. The number of nitrogens with one attached hydrogen (secondary N) is 2. The van der Waals surface area contributed by atoms with Crippen LogP contribution < -0.4 is 21.3 Å². The molecule has 1 aliphatic rings. The number of hydrogen-bond donors (Lipinski definition) is 3. The first-order valence-electron chi connectivity index (χ1n) is 6.65. The number of carbonyl (C=O) groups excluding carboxylic acids is 2. The van der Waals surface area contributed by atoms with Gasteiger partial charge in [-0.3, -0.25) is 15.0 Å².